The number of methoxy groups -OCH3 is 2. The van der Waals surface area contributed by atoms with Crippen LogP contribution in [0.1, 0.15) is 39.0 Å². The number of hydrogen-bond donors (Lipinski definition) is 2. The van der Waals surface area contributed by atoms with Gasteiger partial charge < -0.3 is 24.1 Å². The smallest absolute Gasteiger partial charge is 0.389 e. The molecule has 0 bridgehead atoms. The summed E-state index contributed by atoms with van der Waals surface area (Å²) in [6.45, 7) is 0.801. The summed E-state index contributed by atoms with van der Waals surface area (Å²) in [6.07, 6.45) is -1.92. The number of esters is 2. The van der Waals surface area contributed by atoms with Gasteiger partial charge in [0, 0.05) is 31.0 Å². The first kappa shape index (κ1) is 34.7. The van der Waals surface area contributed by atoms with Crippen LogP contribution in [0.3, 0.4) is 0 Å². The topological polar surface area (TPSA) is 205 Å². The van der Waals surface area contributed by atoms with Crippen molar-refractivity contribution in [3.05, 3.63) is 32.6 Å². The van der Waals surface area contributed by atoms with Gasteiger partial charge in [-0.15, -0.1) is 0 Å². The van der Waals surface area contributed by atoms with Crippen molar-refractivity contribution in [1.29, 1.82) is 5.26 Å². The minimum Gasteiger partial charge on any atom is -0.468 e. The number of aryl methyl sites for hydroxylation is 1. The lowest BCUT2D eigenvalue weighted by Gasteiger charge is -2.27. The molecule has 2 N–H and O–H groups in total. The number of nitrogens with one attached hydrogen (secondary N) is 1. The lowest BCUT2D eigenvalue weighted by Crippen LogP contribution is -2.37. The number of H-pyrrole nitrogens is 1. The van der Waals surface area contributed by atoms with E-state index in [1.807, 2.05) is 0 Å². The van der Waals surface area contributed by atoms with Crippen LogP contribution in [0, 0.1) is 29.1 Å². The number of carbonyl (C=O) groups excluding carboxylic acids is 2. The van der Waals surface area contributed by atoms with Crippen molar-refractivity contribution in [3.8, 4) is 6.07 Å². The zero-order valence-electron chi connectivity index (χ0n) is 23.7. The van der Waals surface area contributed by atoms with Crippen LogP contribution >= 0.6 is 18.2 Å². The van der Waals surface area contributed by atoms with Gasteiger partial charge in [0.1, 0.15) is 25.0 Å². The van der Waals surface area contributed by atoms with E-state index in [9.17, 15) is 34.1 Å². The average Bonchev–Trinajstić information content (AvgIpc) is 3.31. The van der Waals surface area contributed by atoms with Crippen LogP contribution in [0.15, 0.2) is 15.8 Å². The summed E-state index contributed by atoms with van der Waals surface area (Å²) >= 11 is 0.489. The predicted octanol–water partition coefficient (Wildman–Crippen LogP) is 1.29. The maximum atomic E-state index is 13.9. The molecule has 17 heteroatoms. The van der Waals surface area contributed by atoms with E-state index in [-0.39, 0.29) is 31.8 Å². The van der Waals surface area contributed by atoms with Gasteiger partial charge in [0.25, 0.3) is 5.56 Å². The molecule has 0 aliphatic carbocycles. The summed E-state index contributed by atoms with van der Waals surface area (Å²) in [7, 11) is 2.44. The average molecular weight is 622 g/mol. The fraction of sp³-hybridized carbons (Fsp3) is 0.708. The molecule has 1 aromatic heterocycles. The molecule has 2 unspecified atom stereocenters. The number of nitriles is 1. The molecule has 1 aliphatic heterocycles. The Balaban J connectivity index is 2.40. The van der Waals surface area contributed by atoms with Gasteiger partial charge in [0.2, 0.25) is 0 Å². The Kier molecular flexibility index (Phi) is 12.3. The molecule has 2 heterocycles. The second-order valence-corrected chi connectivity index (χ2v) is 14.3. The minimum atomic E-state index is -4.23. The number of aromatic amines is 1. The maximum absolute atomic E-state index is 13.9. The van der Waals surface area contributed by atoms with E-state index in [4.69, 9.17) is 23.3 Å². The Bertz CT molecular complexity index is 1290. The Morgan fingerprint density at radius 3 is 2.51 bits per heavy atom. The first-order chi connectivity index (χ1) is 19.1. The Morgan fingerprint density at radius 2 is 1.95 bits per heavy atom. The number of aromatic nitrogens is 2. The molecule has 0 amide bonds. The largest absolute Gasteiger partial charge is 0.468 e. The van der Waals surface area contributed by atoms with Crippen molar-refractivity contribution >= 4 is 30.1 Å². The lowest BCUT2D eigenvalue weighted by molar-refractivity contribution is -0.159. The summed E-state index contributed by atoms with van der Waals surface area (Å²) < 4.78 is 47.4. The van der Waals surface area contributed by atoms with Crippen LogP contribution in [-0.4, -0.2) is 85.2 Å². The number of aliphatic hydroxyl groups is 1. The van der Waals surface area contributed by atoms with E-state index in [0.717, 1.165) is 11.7 Å². The van der Waals surface area contributed by atoms with Crippen molar-refractivity contribution in [2.75, 3.05) is 46.4 Å². The third-order valence-electron chi connectivity index (χ3n) is 5.96. The Labute approximate surface area is 240 Å². The van der Waals surface area contributed by atoms with Crippen LogP contribution in [0.2, 0.25) is 0 Å². The zero-order valence-corrected chi connectivity index (χ0v) is 25.5. The SMILES string of the molecule is COCCOP(=O)(O[C@H]1C[C@H](n2cc(C)c(=O)[nH]c2=O)O[C@@H]1COC(=O)C(C)(C)C)SCC(C#N)(CO)C(=O)OC. The van der Waals surface area contributed by atoms with Gasteiger partial charge in [0.05, 0.1) is 38.4 Å². The molecule has 0 aromatic carbocycles. The number of ether oxygens (including phenoxy) is 4. The molecule has 1 fully saturated rings. The van der Waals surface area contributed by atoms with Crippen LogP contribution in [-0.2, 0) is 42.1 Å². The van der Waals surface area contributed by atoms with Gasteiger partial charge in [-0.3, -0.25) is 33.0 Å². The highest BCUT2D eigenvalue weighted by Crippen LogP contribution is 2.63. The predicted molar refractivity (Wildman–Crippen MR) is 145 cm³/mol. The molecule has 15 nitrogen and oxygen atoms in total. The molecule has 0 spiro atoms. The van der Waals surface area contributed by atoms with Crippen molar-refractivity contribution < 1.29 is 47.3 Å². The third-order valence-corrected chi connectivity index (χ3v) is 9.83. The van der Waals surface area contributed by atoms with Gasteiger partial charge in [-0.05, 0) is 39.1 Å². The van der Waals surface area contributed by atoms with E-state index < -0.39 is 71.6 Å². The summed E-state index contributed by atoms with van der Waals surface area (Å²) in [5, 5.41) is 19.4. The van der Waals surface area contributed by atoms with E-state index in [2.05, 4.69) is 9.72 Å². The minimum absolute atomic E-state index is 0.0246. The normalized spacial score (nSPS) is 21.9. The molecular weight excluding hydrogens is 585 g/mol. The molecule has 1 aromatic rings. The van der Waals surface area contributed by atoms with E-state index in [1.54, 1.807) is 26.8 Å². The first-order valence-electron chi connectivity index (χ1n) is 12.5. The molecule has 0 saturated carbocycles. The van der Waals surface area contributed by atoms with Crippen molar-refractivity contribution in [1.82, 2.24) is 9.55 Å². The third kappa shape index (κ3) is 8.99. The highest BCUT2D eigenvalue weighted by Gasteiger charge is 2.47. The van der Waals surface area contributed by atoms with Gasteiger partial charge in [-0.2, -0.15) is 5.26 Å². The molecule has 41 heavy (non-hydrogen) atoms. The number of hydrogen-bond acceptors (Lipinski definition) is 14. The van der Waals surface area contributed by atoms with Crippen molar-refractivity contribution in [2.45, 2.75) is 52.6 Å². The highest BCUT2D eigenvalue weighted by atomic mass is 32.7. The fourth-order valence-corrected chi connectivity index (χ4v) is 7.27. The standard InChI is InChI=1S/C24H36N3O12PS/c1-15-10-27(22(32)26-19(15)29)18-9-16(17(38-18)11-36-20(30)23(2,3)4)39-40(33,37-8-7-34-5)41-14-24(12-25,13-28)21(31)35-6/h10,16-18,28H,7-9,11,13-14H2,1-6H3,(H,26,29,32)/t16-,17+,18+,24?,40?/m0/s1. The molecule has 2 rings (SSSR count). The number of aliphatic hydroxyl groups excluding tert-OH is 1. The number of rotatable bonds is 14. The zero-order chi connectivity index (χ0) is 31.0. The van der Waals surface area contributed by atoms with Crippen molar-refractivity contribution in [3.63, 3.8) is 0 Å². The monoisotopic (exact) mass is 621 g/mol. The van der Waals surface area contributed by atoms with Gasteiger partial charge in [-0.1, -0.05) is 0 Å². The summed E-state index contributed by atoms with van der Waals surface area (Å²) in [5.74, 6) is -2.10. The second-order valence-electron chi connectivity index (χ2n) is 10.2. The second kappa shape index (κ2) is 14.6. The molecule has 1 aliphatic rings. The molecular formula is C24H36N3O12PS. The molecule has 230 valence electrons. The molecule has 5 atom stereocenters. The van der Waals surface area contributed by atoms with Crippen LogP contribution in [0.25, 0.3) is 0 Å². The summed E-state index contributed by atoms with van der Waals surface area (Å²) in [5.41, 5.74) is -3.99. The van der Waals surface area contributed by atoms with Crippen LogP contribution < -0.4 is 11.2 Å². The van der Waals surface area contributed by atoms with Crippen LogP contribution in [0.5, 0.6) is 0 Å². The van der Waals surface area contributed by atoms with E-state index >= 15 is 0 Å². The number of nitrogens with zero attached hydrogens (tertiary/aromatic N) is 2. The highest BCUT2D eigenvalue weighted by molar-refractivity contribution is 8.55. The Hall–Kier alpha value is -2.51. The number of carbonyl (C=O) groups is 2. The van der Waals surface area contributed by atoms with E-state index in [0.29, 0.717) is 11.4 Å². The molecule has 1 saturated heterocycles. The van der Waals surface area contributed by atoms with Gasteiger partial charge in [-0.25, -0.2) is 9.36 Å². The quantitative estimate of drug-likeness (QED) is 0.171. The maximum Gasteiger partial charge on any atom is 0.389 e. The van der Waals surface area contributed by atoms with Crippen LogP contribution in [0.4, 0.5) is 0 Å². The van der Waals surface area contributed by atoms with Gasteiger partial charge >= 0.3 is 24.4 Å². The Morgan fingerprint density at radius 1 is 1.27 bits per heavy atom. The van der Waals surface area contributed by atoms with Gasteiger partial charge in [0.15, 0.2) is 5.41 Å². The summed E-state index contributed by atoms with van der Waals surface area (Å²) in [4.78, 5) is 51.3. The summed E-state index contributed by atoms with van der Waals surface area (Å²) in [6, 6.07) is 1.70. The van der Waals surface area contributed by atoms with E-state index in [1.165, 1.54) is 20.2 Å². The first-order valence-corrected chi connectivity index (χ1v) is 15.6. The fourth-order valence-electron chi connectivity index (χ4n) is 3.47. The molecule has 0 radical (unpaired) electrons. The lowest BCUT2D eigenvalue weighted by atomic mass is 9.94. The van der Waals surface area contributed by atoms with Crippen molar-refractivity contribution in [2.24, 2.45) is 10.8 Å².